The number of likely N-dealkylation sites (tertiary alicyclic amines) is 1. The number of hydrogen-bond donors (Lipinski definition) is 1. The lowest BCUT2D eigenvalue weighted by Crippen LogP contribution is -2.46. The fourth-order valence-corrected chi connectivity index (χ4v) is 3.63. The van der Waals surface area contributed by atoms with E-state index in [1.165, 1.54) is 18.3 Å². The molecular formula is C19H20F4N4O5. The quantitative estimate of drug-likeness (QED) is 0.537. The van der Waals surface area contributed by atoms with E-state index in [-0.39, 0.29) is 17.6 Å². The number of aliphatic carboxylic acids is 1. The number of aromatic nitrogens is 3. The predicted octanol–water partition coefficient (Wildman–Crippen LogP) is 3.07. The summed E-state index contributed by atoms with van der Waals surface area (Å²) in [5, 5.41) is 10.9. The number of amides is 1. The first-order valence-corrected chi connectivity index (χ1v) is 9.68. The molecule has 0 bridgehead atoms. The number of piperidine rings is 1. The van der Waals surface area contributed by atoms with E-state index in [0.717, 1.165) is 25.7 Å². The second-order valence-corrected chi connectivity index (χ2v) is 7.47. The monoisotopic (exact) mass is 460 g/mol. The largest absolute Gasteiger partial charge is 0.490 e. The minimum atomic E-state index is -5.08. The molecule has 4 heterocycles. The van der Waals surface area contributed by atoms with Crippen LogP contribution in [0.3, 0.4) is 0 Å². The standard InChI is InChI=1S/C17H19FN4O3.C2HF3O2/c1-11-20-15(25-21-11)13-2-4-17(24-13)5-8-22(9-6-17)16(23)12-3-7-19-14(18)10-12;3-2(4,5)1(6)7/h3,7,10,13H,2,4-6,8-9H2,1H3;(H,6,7). The second-order valence-electron chi connectivity index (χ2n) is 7.47. The van der Waals surface area contributed by atoms with E-state index in [0.29, 0.717) is 30.4 Å². The van der Waals surface area contributed by atoms with Crippen LogP contribution in [-0.4, -0.2) is 61.9 Å². The topological polar surface area (TPSA) is 119 Å². The van der Waals surface area contributed by atoms with Gasteiger partial charge >= 0.3 is 12.1 Å². The molecule has 2 aromatic rings. The number of carbonyl (C=O) groups is 2. The zero-order valence-corrected chi connectivity index (χ0v) is 16.9. The normalized spacial score (nSPS) is 20.0. The van der Waals surface area contributed by atoms with Gasteiger partial charge in [0.05, 0.1) is 5.60 Å². The molecule has 2 fully saturated rings. The van der Waals surface area contributed by atoms with Gasteiger partial charge in [-0.3, -0.25) is 4.79 Å². The third-order valence-electron chi connectivity index (χ3n) is 5.25. The van der Waals surface area contributed by atoms with Crippen LogP contribution in [0, 0.1) is 12.9 Å². The summed E-state index contributed by atoms with van der Waals surface area (Å²) >= 11 is 0. The summed E-state index contributed by atoms with van der Waals surface area (Å²) in [6.45, 7) is 2.94. The van der Waals surface area contributed by atoms with Gasteiger partial charge in [0.15, 0.2) is 5.82 Å². The smallest absolute Gasteiger partial charge is 0.475 e. The van der Waals surface area contributed by atoms with Crippen molar-refractivity contribution in [2.24, 2.45) is 0 Å². The van der Waals surface area contributed by atoms with Crippen LogP contribution >= 0.6 is 0 Å². The number of aryl methyl sites for hydroxylation is 1. The van der Waals surface area contributed by atoms with Crippen molar-refractivity contribution in [2.75, 3.05) is 13.1 Å². The Morgan fingerprint density at radius 3 is 2.44 bits per heavy atom. The summed E-state index contributed by atoms with van der Waals surface area (Å²) in [6.07, 6.45) is -0.703. The molecule has 0 saturated carbocycles. The third-order valence-corrected chi connectivity index (χ3v) is 5.25. The van der Waals surface area contributed by atoms with Crippen LogP contribution in [-0.2, 0) is 9.53 Å². The molecule has 2 aliphatic heterocycles. The summed E-state index contributed by atoms with van der Waals surface area (Å²) in [6, 6.07) is 2.71. The van der Waals surface area contributed by atoms with Gasteiger partial charge in [-0.1, -0.05) is 5.16 Å². The number of nitrogens with zero attached hydrogens (tertiary/aromatic N) is 4. The molecule has 1 atom stereocenters. The van der Waals surface area contributed by atoms with Crippen LogP contribution in [0.1, 0.15) is 53.9 Å². The van der Waals surface area contributed by atoms with Gasteiger partial charge in [-0.25, -0.2) is 9.78 Å². The summed E-state index contributed by atoms with van der Waals surface area (Å²) in [5.41, 5.74) is 0.0860. The number of carboxylic acid groups (broad SMARTS) is 1. The molecule has 1 N–H and O–H groups in total. The summed E-state index contributed by atoms with van der Waals surface area (Å²) < 4.78 is 56.4. The number of alkyl halides is 3. The number of rotatable bonds is 2. The molecule has 32 heavy (non-hydrogen) atoms. The highest BCUT2D eigenvalue weighted by Gasteiger charge is 2.45. The Kier molecular flexibility index (Phi) is 6.77. The molecule has 174 valence electrons. The van der Waals surface area contributed by atoms with Crippen molar-refractivity contribution in [3.8, 4) is 0 Å². The Balaban J connectivity index is 0.000000360. The van der Waals surface area contributed by atoms with E-state index in [9.17, 15) is 22.4 Å². The van der Waals surface area contributed by atoms with Crippen molar-refractivity contribution in [1.29, 1.82) is 0 Å². The molecule has 1 spiro atoms. The molecule has 13 heteroatoms. The highest BCUT2D eigenvalue weighted by atomic mass is 19.4. The Morgan fingerprint density at radius 2 is 1.91 bits per heavy atom. The first-order chi connectivity index (χ1) is 15.0. The van der Waals surface area contributed by atoms with E-state index in [1.807, 2.05) is 0 Å². The minimum Gasteiger partial charge on any atom is -0.475 e. The molecule has 4 rings (SSSR count). The number of carboxylic acids is 1. The van der Waals surface area contributed by atoms with Crippen LogP contribution < -0.4 is 0 Å². The molecule has 0 aromatic carbocycles. The highest BCUT2D eigenvalue weighted by Crippen LogP contribution is 2.44. The number of pyridine rings is 1. The Morgan fingerprint density at radius 1 is 1.25 bits per heavy atom. The Hall–Kier alpha value is -3.09. The van der Waals surface area contributed by atoms with Crippen LogP contribution in [0.25, 0.3) is 0 Å². The molecule has 2 aromatic heterocycles. The lowest BCUT2D eigenvalue weighted by atomic mass is 9.88. The van der Waals surface area contributed by atoms with Crippen molar-refractivity contribution in [1.82, 2.24) is 20.0 Å². The Bertz CT molecular complexity index is 973. The van der Waals surface area contributed by atoms with E-state index in [4.69, 9.17) is 19.2 Å². The van der Waals surface area contributed by atoms with Gasteiger partial charge in [0, 0.05) is 30.9 Å². The number of halogens is 4. The number of hydrogen-bond acceptors (Lipinski definition) is 7. The van der Waals surface area contributed by atoms with E-state index < -0.39 is 18.1 Å². The van der Waals surface area contributed by atoms with Crippen LogP contribution in [0.5, 0.6) is 0 Å². The van der Waals surface area contributed by atoms with Gasteiger partial charge in [0.2, 0.25) is 5.95 Å². The highest BCUT2D eigenvalue weighted by molar-refractivity contribution is 5.94. The first-order valence-electron chi connectivity index (χ1n) is 9.68. The summed E-state index contributed by atoms with van der Waals surface area (Å²) in [4.78, 5) is 30.9. The van der Waals surface area contributed by atoms with Gasteiger partial charge in [0.1, 0.15) is 6.10 Å². The molecule has 1 unspecified atom stereocenters. The van der Waals surface area contributed by atoms with Crippen LogP contribution in [0.4, 0.5) is 17.6 Å². The second kappa shape index (κ2) is 9.18. The summed E-state index contributed by atoms with van der Waals surface area (Å²) in [5.74, 6) is -2.44. The maximum absolute atomic E-state index is 13.2. The van der Waals surface area contributed by atoms with Crippen molar-refractivity contribution in [3.63, 3.8) is 0 Å². The van der Waals surface area contributed by atoms with Gasteiger partial charge in [-0.15, -0.1) is 0 Å². The van der Waals surface area contributed by atoms with Crippen LogP contribution in [0.15, 0.2) is 22.9 Å². The van der Waals surface area contributed by atoms with Gasteiger partial charge in [-0.05, 0) is 38.7 Å². The molecule has 0 aliphatic carbocycles. The van der Waals surface area contributed by atoms with Crippen LogP contribution in [0.2, 0.25) is 0 Å². The van der Waals surface area contributed by atoms with E-state index in [2.05, 4.69) is 15.1 Å². The van der Waals surface area contributed by atoms with E-state index in [1.54, 1.807) is 11.8 Å². The SMILES string of the molecule is Cc1noc(C2CCC3(CCN(C(=O)c4ccnc(F)c4)CC3)O2)n1.O=C(O)C(F)(F)F. The average Bonchev–Trinajstić information content (AvgIpc) is 3.34. The molecule has 9 nitrogen and oxygen atoms in total. The minimum absolute atomic E-state index is 0.168. The maximum atomic E-state index is 13.2. The molecular weight excluding hydrogens is 440 g/mol. The zero-order chi connectivity index (χ0) is 23.5. The summed E-state index contributed by atoms with van der Waals surface area (Å²) in [7, 11) is 0. The predicted molar refractivity (Wildman–Crippen MR) is 97.8 cm³/mol. The average molecular weight is 460 g/mol. The van der Waals surface area contributed by atoms with Gasteiger partial charge in [0.25, 0.3) is 11.8 Å². The van der Waals surface area contributed by atoms with Crippen molar-refractivity contribution < 1.29 is 41.5 Å². The zero-order valence-electron chi connectivity index (χ0n) is 16.9. The third kappa shape index (κ3) is 5.58. The molecule has 1 amide bonds. The fraction of sp³-hybridized carbons (Fsp3) is 0.526. The van der Waals surface area contributed by atoms with Crippen molar-refractivity contribution in [2.45, 2.75) is 50.5 Å². The number of ether oxygens (including phenoxy) is 1. The van der Waals surface area contributed by atoms with Crippen molar-refractivity contribution in [3.05, 3.63) is 41.6 Å². The van der Waals surface area contributed by atoms with Gasteiger partial charge < -0.3 is 19.3 Å². The maximum Gasteiger partial charge on any atom is 0.490 e. The molecule has 0 radical (unpaired) electrons. The van der Waals surface area contributed by atoms with Crippen molar-refractivity contribution >= 4 is 11.9 Å². The lowest BCUT2D eigenvalue weighted by Gasteiger charge is -2.39. The molecule has 2 saturated heterocycles. The van der Waals surface area contributed by atoms with E-state index >= 15 is 0 Å². The van der Waals surface area contributed by atoms with Gasteiger partial charge in [-0.2, -0.15) is 22.5 Å². The lowest BCUT2D eigenvalue weighted by molar-refractivity contribution is -0.192. The molecule has 2 aliphatic rings. The fourth-order valence-electron chi connectivity index (χ4n) is 3.63. The number of carbonyl (C=O) groups excluding carboxylic acids is 1. The first kappa shape index (κ1) is 23.6. The Labute approximate surface area is 179 Å².